The molecule has 2 aromatic rings. The molecule has 0 spiro atoms. The zero-order valence-electron chi connectivity index (χ0n) is 10.9. The van der Waals surface area contributed by atoms with E-state index in [1.165, 1.54) is 24.8 Å². The molecule has 19 heavy (non-hydrogen) atoms. The first-order valence-electron chi connectivity index (χ1n) is 6.82. The maximum absolute atomic E-state index is 4.48. The summed E-state index contributed by atoms with van der Waals surface area (Å²) in [6.07, 6.45) is 12.8. The predicted octanol–water partition coefficient (Wildman–Crippen LogP) is 2.60. The lowest BCUT2D eigenvalue weighted by atomic mass is 9.99. The number of likely N-dealkylation sites (tertiary alicyclic amines) is 1. The minimum absolute atomic E-state index is 0.399. The molecule has 3 heterocycles. The summed E-state index contributed by atoms with van der Waals surface area (Å²) in [5, 5.41) is 0. The van der Waals surface area contributed by atoms with Gasteiger partial charge in [0.15, 0.2) is 0 Å². The van der Waals surface area contributed by atoms with Crippen LogP contribution in [-0.2, 0) is 6.54 Å². The van der Waals surface area contributed by atoms with Gasteiger partial charge in [-0.15, -0.1) is 0 Å². The second-order valence-corrected chi connectivity index (χ2v) is 4.97. The van der Waals surface area contributed by atoms with Gasteiger partial charge in [-0.25, -0.2) is 0 Å². The van der Waals surface area contributed by atoms with E-state index in [4.69, 9.17) is 0 Å². The van der Waals surface area contributed by atoms with E-state index in [1.807, 2.05) is 18.6 Å². The lowest BCUT2D eigenvalue weighted by Crippen LogP contribution is -2.33. The van der Waals surface area contributed by atoms with Crippen molar-refractivity contribution >= 4 is 0 Å². The number of hydrogen-bond donors (Lipinski definition) is 0. The first-order valence-corrected chi connectivity index (χ1v) is 6.82. The second-order valence-electron chi connectivity index (χ2n) is 4.97. The Morgan fingerprint density at radius 2 is 1.95 bits per heavy atom. The van der Waals surface area contributed by atoms with Gasteiger partial charge in [0.25, 0.3) is 0 Å². The van der Waals surface area contributed by atoms with Crippen molar-refractivity contribution < 1.29 is 0 Å². The lowest BCUT2D eigenvalue weighted by molar-refractivity contribution is 0.137. The highest BCUT2D eigenvalue weighted by molar-refractivity contribution is 5.11. The third-order valence-corrected chi connectivity index (χ3v) is 3.67. The Kier molecular flexibility index (Phi) is 3.79. The molecule has 2 aromatic heterocycles. The Bertz CT molecular complexity index is 500. The first-order chi connectivity index (χ1) is 9.43. The molecule has 98 valence electrons. The monoisotopic (exact) mass is 254 g/mol. The average molecular weight is 254 g/mol. The van der Waals surface area contributed by atoms with Crippen LogP contribution < -0.4 is 0 Å². The predicted molar refractivity (Wildman–Crippen MR) is 73.3 cm³/mol. The van der Waals surface area contributed by atoms with E-state index in [9.17, 15) is 0 Å². The molecular weight excluding hydrogens is 236 g/mol. The molecule has 1 atom stereocenters. The van der Waals surface area contributed by atoms with Crippen LogP contribution in [0.4, 0.5) is 0 Å². The summed E-state index contributed by atoms with van der Waals surface area (Å²) in [7, 11) is 0. The maximum Gasteiger partial charge on any atom is 0.0758 e. The molecule has 4 heteroatoms. The van der Waals surface area contributed by atoms with Crippen LogP contribution in [0, 0.1) is 0 Å². The zero-order chi connectivity index (χ0) is 12.9. The highest BCUT2D eigenvalue weighted by atomic mass is 15.2. The quantitative estimate of drug-likeness (QED) is 0.844. The molecule has 0 N–H and O–H groups in total. The minimum Gasteiger partial charge on any atom is -0.290 e. The summed E-state index contributed by atoms with van der Waals surface area (Å²) < 4.78 is 0. The Labute approximate surface area is 113 Å². The van der Waals surface area contributed by atoms with E-state index < -0.39 is 0 Å². The van der Waals surface area contributed by atoms with Crippen LogP contribution in [-0.4, -0.2) is 26.4 Å². The number of piperidine rings is 1. The molecule has 0 amide bonds. The molecule has 1 unspecified atom stereocenters. The Morgan fingerprint density at radius 3 is 2.74 bits per heavy atom. The standard InChI is InChI=1S/C15H18N4/c1-2-10-19(12-13-4-6-16-7-5-13)15(3-1)14-11-17-8-9-18-14/h4-9,11,15H,1-3,10,12H2. The molecule has 0 aliphatic carbocycles. The van der Waals surface area contributed by atoms with E-state index in [2.05, 4.69) is 32.0 Å². The molecule has 4 nitrogen and oxygen atoms in total. The van der Waals surface area contributed by atoms with Crippen LogP contribution in [0.15, 0.2) is 43.1 Å². The highest BCUT2D eigenvalue weighted by Gasteiger charge is 2.24. The van der Waals surface area contributed by atoms with Crippen LogP contribution in [0.1, 0.15) is 36.6 Å². The summed E-state index contributed by atoms with van der Waals surface area (Å²) in [5.41, 5.74) is 2.40. The molecule has 0 radical (unpaired) electrons. The summed E-state index contributed by atoms with van der Waals surface area (Å²) in [4.78, 5) is 15.3. The number of pyridine rings is 1. The van der Waals surface area contributed by atoms with Gasteiger partial charge in [-0.2, -0.15) is 0 Å². The first kappa shape index (κ1) is 12.2. The van der Waals surface area contributed by atoms with Gasteiger partial charge < -0.3 is 0 Å². The van der Waals surface area contributed by atoms with Gasteiger partial charge >= 0.3 is 0 Å². The van der Waals surface area contributed by atoms with Crippen molar-refractivity contribution in [2.24, 2.45) is 0 Å². The van der Waals surface area contributed by atoms with Crippen molar-refractivity contribution in [1.82, 2.24) is 19.9 Å². The van der Waals surface area contributed by atoms with Crippen molar-refractivity contribution in [1.29, 1.82) is 0 Å². The molecule has 1 fully saturated rings. The van der Waals surface area contributed by atoms with Gasteiger partial charge in [-0.3, -0.25) is 19.9 Å². The van der Waals surface area contributed by atoms with E-state index in [1.54, 1.807) is 12.4 Å². The fourth-order valence-electron chi connectivity index (χ4n) is 2.72. The molecule has 1 aliphatic rings. The minimum atomic E-state index is 0.399. The van der Waals surface area contributed by atoms with Gasteiger partial charge in [0.05, 0.1) is 11.7 Å². The van der Waals surface area contributed by atoms with Crippen molar-refractivity contribution in [2.45, 2.75) is 31.8 Å². The second kappa shape index (κ2) is 5.89. The Hall–Kier alpha value is -1.81. The van der Waals surface area contributed by atoms with Crippen LogP contribution >= 0.6 is 0 Å². The lowest BCUT2D eigenvalue weighted by Gasteiger charge is -2.35. The molecule has 0 bridgehead atoms. The van der Waals surface area contributed by atoms with Gasteiger partial charge in [0.2, 0.25) is 0 Å². The average Bonchev–Trinajstić information content (AvgIpc) is 2.50. The SMILES string of the molecule is c1cc(CN2CCCCC2c2cnccn2)ccn1. The van der Waals surface area contributed by atoms with Gasteiger partial charge in [-0.1, -0.05) is 6.42 Å². The number of nitrogens with zero attached hydrogens (tertiary/aromatic N) is 4. The summed E-state index contributed by atoms with van der Waals surface area (Å²) >= 11 is 0. The fraction of sp³-hybridized carbons (Fsp3) is 0.400. The summed E-state index contributed by atoms with van der Waals surface area (Å²) in [6.45, 7) is 2.09. The number of rotatable bonds is 3. The third kappa shape index (κ3) is 2.96. The van der Waals surface area contributed by atoms with Crippen LogP contribution in [0.25, 0.3) is 0 Å². The number of hydrogen-bond acceptors (Lipinski definition) is 4. The molecule has 3 rings (SSSR count). The van der Waals surface area contributed by atoms with Gasteiger partial charge in [0.1, 0.15) is 0 Å². The summed E-state index contributed by atoms with van der Waals surface area (Å²) in [6, 6.07) is 4.57. The largest absolute Gasteiger partial charge is 0.290 e. The van der Waals surface area contributed by atoms with Crippen LogP contribution in [0.2, 0.25) is 0 Å². The van der Waals surface area contributed by atoms with Crippen molar-refractivity contribution in [3.63, 3.8) is 0 Å². The zero-order valence-corrected chi connectivity index (χ0v) is 10.9. The van der Waals surface area contributed by atoms with Gasteiger partial charge in [0, 0.05) is 37.5 Å². The maximum atomic E-state index is 4.48. The molecule has 1 aliphatic heterocycles. The molecule has 0 aromatic carbocycles. The number of aromatic nitrogens is 3. The molecule has 1 saturated heterocycles. The Morgan fingerprint density at radius 1 is 1.05 bits per heavy atom. The van der Waals surface area contributed by atoms with Gasteiger partial charge in [-0.05, 0) is 37.1 Å². The van der Waals surface area contributed by atoms with E-state index >= 15 is 0 Å². The van der Waals surface area contributed by atoms with E-state index in [-0.39, 0.29) is 0 Å². The molecule has 0 saturated carbocycles. The Balaban J connectivity index is 1.78. The summed E-state index contributed by atoms with van der Waals surface area (Å²) in [5.74, 6) is 0. The smallest absolute Gasteiger partial charge is 0.0758 e. The van der Waals surface area contributed by atoms with Crippen LogP contribution in [0.5, 0.6) is 0 Å². The van der Waals surface area contributed by atoms with E-state index in [0.29, 0.717) is 6.04 Å². The highest BCUT2D eigenvalue weighted by Crippen LogP contribution is 2.30. The van der Waals surface area contributed by atoms with Crippen LogP contribution in [0.3, 0.4) is 0 Å². The normalized spacial score (nSPS) is 20.3. The van der Waals surface area contributed by atoms with Crippen molar-refractivity contribution in [2.75, 3.05) is 6.54 Å². The topological polar surface area (TPSA) is 41.9 Å². The fourth-order valence-corrected chi connectivity index (χ4v) is 2.72. The third-order valence-electron chi connectivity index (χ3n) is 3.67. The van der Waals surface area contributed by atoms with Crippen molar-refractivity contribution in [3.05, 3.63) is 54.4 Å². The van der Waals surface area contributed by atoms with Crippen molar-refractivity contribution in [3.8, 4) is 0 Å². The van der Waals surface area contributed by atoms with E-state index in [0.717, 1.165) is 18.8 Å². The molecular formula is C15H18N4.